The first-order valence-corrected chi connectivity index (χ1v) is 6.30. The van der Waals surface area contributed by atoms with Gasteiger partial charge in [0.05, 0.1) is 12.6 Å². The highest BCUT2D eigenvalue weighted by Gasteiger charge is 2.17. The summed E-state index contributed by atoms with van der Waals surface area (Å²) in [6.07, 6.45) is 3.01. The first-order chi connectivity index (χ1) is 7.16. The average Bonchev–Trinajstić information content (AvgIpc) is 2.67. The Morgan fingerprint density at radius 3 is 2.40 bits per heavy atom. The Labute approximate surface area is 106 Å². The summed E-state index contributed by atoms with van der Waals surface area (Å²) in [6.45, 7) is 0.748. The largest absolute Gasteiger partial charge is 0.496 e. The van der Waals surface area contributed by atoms with Crippen LogP contribution in [0.15, 0.2) is 39.0 Å². The van der Waals surface area contributed by atoms with Crippen molar-refractivity contribution in [3.8, 4) is 0 Å². The molecule has 4 heteroatoms. The maximum atomic E-state index is 6.10. The smallest absolute Gasteiger partial charge is 0.113 e. The predicted octanol–water partition coefficient (Wildman–Crippen LogP) is 3.52. The molecule has 1 aliphatic rings. The lowest BCUT2D eigenvalue weighted by atomic mass is 10.1. The Morgan fingerprint density at radius 2 is 1.87 bits per heavy atom. The highest BCUT2D eigenvalue weighted by atomic mass is 79.9. The van der Waals surface area contributed by atoms with Gasteiger partial charge >= 0.3 is 0 Å². The van der Waals surface area contributed by atoms with Gasteiger partial charge in [-0.3, -0.25) is 0 Å². The van der Waals surface area contributed by atoms with Crippen LogP contribution >= 0.6 is 31.9 Å². The fourth-order valence-electron chi connectivity index (χ4n) is 1.57. The summed E-state index contributed by atoms with van der Waals surface area (Å²) < 4.78 is 7.48. The van der Waals surface area contributed by atoms with Crippen molar-refractivity contribution in [1.29, 1.82) is 0 Å². The quantitative estimate of drug-likeness (QED) is 0.899. The summed E-state index contributed by atoms with van der Waals surface area (Å²) in [5.74, 6) is 0.875. The van der Waals surface area contributed by atoms with Crippen LogP contribution in [0.3, 0.4) is 0 Å². The molecule has 0 aliphatic carbocycles. The molecule has 0 bridgehead atoms. The Balaban J connectivity index is 2.28. The minimum atomic E-state index is -0.165. The van der Waals surface area contributed by atoms with Gasteiger partial charge in [0.15, 0.2) is 0 Å². The molecule has 0 saturated carbocycles. The number of hydrogen-bond acceptors (Lipinski definition) is 2. The lowest BCUT2D eigenvalue weighted by Crippen LogP contribution is -2.13. The topological polar surface area (TPSA) is 35.2 Å². The van der Waals surface area contributed by atoms with Crippen molar-refractivity contribution in [1.82, 2.24) is 0 Å². The summed E-state index contributed by atoms with van der Waals surface area (Å²) in [4.78, 5) is 0. The van der Waals surface area contributed by atoms with E-state index in [1.807, 2.05) is 18.2 Å². The molecule has 1 unspecified atom stereocenters. The second-order valence-electron chi connectivity index (χ2n) is 3.42. The number of benzene rings is 1. The number of nitrogens with two attached hydrogens (primary N) is 1. The lowest BCUT2D eigenvalue weighted by Gasteiger charge is -2.14. The van der Waals surface area contributed by atoms with Gasteiger partial charge in [-0.1, -0.05) is 31.9 Å². The molecule has 0 saturated heterocycles. The van der Waals surface area contributed by atoms with E-state index >= 15 is 0 Å². The van der Waals surface area contributed by atoms with Gasteiger partial charge in [0.2, 0.25) is 0 Å². The standard InChI is InChI=1S/C11H11Br2NO/c12-8-4-7(5-9(13)6-8)11(14)10-2-1-3-15-10/h2,4-6,11H,1,3,14H2. The minimum absolute atomic E-state index is 0.165. The van der Waals surface area contributed by atoms with Gasteiger partial charge in [-0.05, 0) is 29.8 Å². The van der Waals surface area contributed by atoms with Gasteiger partial charge in [-0.15, -0.1) is 0 Å². The normalized spacial score (nSPS) is 17.1. The summed E-state index contributed by atoms with van der Waals surface area (Å²) in [5, 5.41) is 0. The molecule has 15 heavy (non-hydrogen) atoms. The van der Waals surface area contributed by atoms with Crippen LogP contribution in [0.5, 0.6) is 0 Å². The maximum Gasteiger partial charge on any atom is 0.113 e. The molecule has 1 atom stereocenters. The van der Waals surface area contributed by atoms with Gasteiger partial charge in [-0.25, -0.2) is 0 Å². The van der Waals surface area contributed by atoms with E-state index in [0.717, 1.165) is 33.3 Å². The van der Waals surface area contributed by atoms with Crippen LogP contribution in [0.25, 0.3) is 0 Å². The average molecular weight is 333 g/mol. The summed E-state index contributed by atoms with van der Waals surface area (Å²) in [7, 11) is 0. The zero-order valence-corrected chi connectivity index (χ0v) is 11.2. The van der Waals surface area contributed by atoms with Crippen LogP contribution in [-0.2, 0) is 4.74 Å². The van der Waals surface area contributed by atoms with Crippen molar-refractivity contribution in [3.05, 3.63) is 44.5 Å². The van der Waals surface area contributed by atoms with Crippen LogP contribution in [0.2, 0.25) is 0 Å². The second-order valence-corrected chi connectivity index (χ2v) is 5.26. The summed E-state index contributed by atoms with van der Waals surface area (Å²) in [6, 6.07) is 5.84. The summed E-state index contributed by atoms with van der Waals surface area (Å²) >= 11 is 6.89. The van der Waals surface area contributed by atoms with E-state index in [-0.39, 0.29) is 6.04 Å². The number of hydrogen-bond donors (Lipinski definition) is 1. The van der Waals surface area contributed by atoms with Gasteiger partial charge < -0.3 is 10.5 Å². The predicted molar refractivity (Wildman–Crippen MR) is 67.4 cm³/mol. The molecule has 1 heterocycles. The Kier molecular flexibility index (Phi) is 3.49. The van der Waals surface area contributed by atoms with Crippen molar-refractivity contribution in [2.24, 2.45) is 5.73 Å². The molecule has 2 nitrogen and oxygen atoms in total. The third-order valence-electron chi connectivity index (χ3n) is 2.28. The molecular weight excluding hydrogens is 322 g/mol. The van der Waals surface area contributed by atoms with Gasteiger partial charge in [0, 0.05) is 15.4 Å². The molecule has 2 rings (SSSR count). The van der Waals surface area contributed by atoms with Crippen molar-refractivity contribution >= 4 is 31.9 Å². The van der Waals surface area contributed by atoms with E-state index in [0.29, 0.717) is 0 Å². The van der Waals surface area contributed by atoms with Crippen LogP contribution in [0.1, 0.15) is 18.0 Å². The Morgan fingerprint density at radius 1 is 1.20 bits per heavy atom. The molecular formula is C11H11Br2NO. The van der Waals surface area contributed by atoms with Crippen LogP contribution in [-0.4, -0.2) is 6.61 Å². The second kappa shape index (κ2) is 4.68. The van der Waals surface area contributed by atoms with E-state index in [1.165, 1.54) is 0 Å². The molecule has 2 N–H and O–H groups in total. The van der Waals surface area contributed by atoms with E-state index in [4.69, 9.17) is 10.5 Å². The third kappa shape index (κ3) is 2.62. The van der Waals surface area contributed by atoms with Crippen molar-refractivity contribution < 1.29 is 4.74 Å². The Hall–Kier alpha value is -0.320. The first-order valence-electron chi connectivity index (χ1n) is 4.71. The molecule has 1 aliphatic heterocycles. The maximum absolute atomic E-state index is 6.10. The van der Waals surface area contributed by atoms with Crippen molar-refractivity contribution in [2.45, 2.75) is 12.5 Å². The van der Waals surface area contributed by atoms with Gasteiger partial charge in [0.25, 0.3) is 0 Å². The SMILES string of the molecule is NC(C1=CCCO1)c1cc(Br)cc(Br)c1. The number of rotatable bonds is 2. The molecule has 0 radical (unpaired) electrons. The van der Waals surface area contributed by atoms with E-state index in [2.05, 4.69) is 37.9 Å². The van der Waals surface area contributed by atoms with Crippen LogP contribution in [0, 0.1) is 0 Å². The fraction of sp³-hybridized carbons (Fsp3) is 0.273. The molecule has 0 spiro atoms. The highest BCUT2D eigenvalue weighted by Crippen LogP contribution is 2.28. The summed E-state index contributed by atoms with van der Waals surface area (Å²) in [5.41, 5.74) is 7.15. The molecule has 1 aromatic rings. The number of ether oxygens (including phenoxy) is 1. The molecule has 0 aromatic heterocycles. The van der Waals surface area contributed by atoms with Crippen molar-refractivity contribution in [3.63, 3.8) is 0 Å². The zero-order valence-electron chi connectivity index (χ0n) is 8.04. The van der Waals surface area contributed by atoms with E-state index in [9.17, 15) is 0 Å². The van der Waals surface area contributed by atoms with Crippen LogP contribution in [0.4, 0.5) is 0 Å². The zero-order chi connectivity index (χ0) is 10.8. The Bertz CT molecular complexity index is 383. The number of halogens is 2. The molecule has 0 fully saturated rings. The lowest BCUT2D eigenvalue weighted by molar-refractivity contribution is 0.225. The van der Waals surface area contributed by atoms with Crippen molar-refractivity contribution in [2.75, 3.05) is 6.61 Å². The highest BCUT2D eigenvalue weighted by molar-refractivity contribution is 9.11. The molecule has 1 aromatic carbocycles. The minimum Gasteiger partial charge on any atom is -0.496 e. The van der Waals surface area contributed by atoms with Crippen LogP contribution < -0.4 is 5.73 Å². The monoisotopic (exact) mass is 331 g/mol. The molecule has 0 amide bonds. The van der Waals surface area contributed by atoms with Gasteiger partial charge in [0.1, 0.15) is 5.76 Å². The molecule has 80 valence electrons. The fourth-order valence-corrected chi connectivity index (χ4v) is 2.90. The third-order valence-corrected chi connectivity index (χ3v) is 3.20. The van der Waals surface area contributed by atoms with E-state index in [1.54, 1.807) is 0 Å². The van der Waals surface area contributed by atoms with E-state index < -0.39 is 0 Å². The first kappa shape index (κ1) is 11.2. The van der Waals surface area contributed by atoms with Gasteiger partial charge in [-0.2, -0.15) is 0 Å².